The first kappa shape index (κ1) is 15.6. The van der Waals surface area contributed by atoms with E-state index in [1.807, 2.05) is 0 Å². The molecule has 0 aliphatic carbocycles. The van der Waals surface area contributed by atoms with Crippen molar-refractivity contribution in [1.29, 1.82) is 0 Å². The van der Waals surface area contributed by atoms with E-state index in [2.05, 4.69) is 4.72 Å². The number of benzene rings is 2. The fourth-order valence-corrected chi connectivity index (χ4v) is 3.42. The van der Waals surface area contributed by atoms with Crippen LogP contribution < -0.4 is 4.72 Å². The summed E-state index contributed by atoms with van der Waals surface area (Å²) < 4.78 is 26.7. The van der Waals surface area contributed by atoms with Crippen LogP contribution in [-0.2, 0) is 16.6 Å². The standard InChI is InChI=1S/C13H10Cl3NO2S/c14-10-6-5-9(7-12(10)16)8-17-20(18,19)13-4-2-1-3-11(13)15/h1-7,17H,8H2. The Labute approximate surface area is 132 Å². The first-order valence-electron chi connectivity index (χ1n) is 5.58. The van der Waals surface area contributed by atoms with Gasteiger partial charge in [-0.25, -0.2) is 13.1 Å². The number of halogens is 3. The van der Waals surface area contributed by atoms with E-state index in [0.717, 1.165) is 0 Å². The van der Waals surface area contributed by atoms with Gasteiger partial charge in [0.1, 0.15) is 4.90 Å². The zero-order chi connectivity index (χ0) is 14.8. The molecular weight excluding hydrogens is 341 g/mol. The molecule has 0 heterocycles. The van der Waals surface area contributed by atoms with Crippen molar-refractivity contribution in [2.24, 2.45) is 0 Å². The molecule has 2 aromatic rings. The summed E-state index contributed by atoms with van der Waals surface area (Å²) in [7, 11) is -3.67. The lowest BCUT2D eigenvalue weighted by molar-refractivity contribution is 0.581. The van der Waals surface area contributed by atoms with E-state index in [-0.39, 0.29) is 16.5 Å². The Bertz CT molecular complexity index is 732. The second-order valence-electron chi connectivity index (χ2n) is 4.00. The SMILES string of the molecule is O=S(=O)(NCc1ccc(Cl)c(Cl)c1)c1ccccc1Cl. The van der Waals surface area contributed by atoms with E-state index in [1.54, 1.807) is 30.3 Å². The minimum atomic E-state index is -3.67. The van der Waals surface area contributed by atoms with Crippen LogP contribution in [0.3, 0.4) is 0 Å². The van der Waals surface area contributed by atoms with E-state index < -0.39 is 10.0 Å². The van der Waals surface area contributed by atoms with Crippen LogP contribution in [0, 0.1) is 0 Å². The van der Waals surface area contributed by atoms with Gasteiger partial charge in [-0.05, 0) is 29.8 Å². The van der Waals surface area contributed by atoms with Crippen molar-refractivity contribution in [3.63, 3.8) is 0 Å². The van der Waals surface area contributed by atoms with Gasteiger partial charge >= 0.3 is 0 Å². The van der Waals surface area contributed by atoms with Crippen LogP contribution in [0.2, 0.25) is 15.1 Å². The quantitative estimate of drug-likeness (QED) is 0.901. The molecular formula is C13H10Cl3NO2S. The number of hydrogen-bond acceptors (Lipinski definition) is 2. The highest BCUT2D eigenvalue weighted by Gasteiger charge is 2.16. The van der Waals surface area contributed by atoms with Gasteiger partial charge in [0.05, 0.1) is 15.1 Å². The van der Waals surface area contributed by atoms with E-state index >= 15 is 0 Å². The highest BCUT2D eigenvalue weighted by molar-refractivity contribution is 7.89. The van der Waals surface area contributed by atoms with Gasteiger partial charge in [-0.2, -0.15) is 0 Å². The van der Waals surface area contributed by atoms with Crippen LogP contribution in [0.4, 0.5) is 0 Å². The van der Waals surface area contributed by atoms with Gasteiger partial charge in [0.15, 0.2) is 0 Å². The number of nitrogens with one attached hydrogen (secondary N) is 1. The molecule has 2 rings (SSSR count). The predicted octanol–water partition coefficient (Wildman–Crippen LogP) is 4.13. The third kappa shape index (κ3) is 3.65. The number of sulfonamides is 1. The average Bonchev–Trinajstić information content (AvgIpc) is 2.40. The molecule has 0 fully saturated rings. The van der Waals surface area contributed by atoms with Gasteiger partial charge in [-0.3, -0.25) is 0 Å². The van der Waals surface area contributed by atoms with Crippen LogP contribution in [0.25, 0.3) is 0 Å². The fraction of sp³-hybridized carbons (Fsp3) is 0.0769. The molecule has 0 saturated heterocycles. The Kier molecular flexibility index (Phi) is 4.94. The Morgan fingerprint density at radius 2 is 1.60 bits per heavy atom. The average molecular weight is 351 g/mol. The Morgan fingerprint density at radius 3 is 2.25 bits per heavy atom. The Balaban J connectivity index is 2.17. The van der Waals surface area contributed by atoms with Crippen LogP contribution in [0.5, 0.6) is 0 Å². The van der Waals surface area contributed by atoms with Crippen LogP contribution in [0.15, 0.2) is 47.4 Å². The van der Waals surface area contributed by atoms with Gasteiger partial charge in [-0.15, -0.1) is 0 Å². The molecule has 0 amide bonds. The lowest BCUT2D eigenvalue weighted by Crippen LogP contribution is -2.23. The molecule has 2 aromatic carbocycles. The molecule has 0 aliphatic rings. The molecule has 0 saturated carbocycles. The maximum Gasteiger partial charge on any atom is 0.242 e. The van der Waals surface area contributed by atoms with Crippen molar-refractivity contribution in [3.05, 3.63) is 63.1 Å². The van der Waals surface area contributed by atoms with Gasteiger partial charge in [0, 0.05) is 6.54 Å². The molecule has 3 nitrogen and oxygen atoms in total. The summed E-state index contributed by atoms with van der Waals surface area (Å²) in [5, 5.41) is 0.972. The summed E-state index contributed by atoms with van der Waals surface area (Å²) >= 11 is 17.6. The normalized spacial score (nSPS) is 11.6. The Hall–Kier alpha value is -0.780. The summed E-state index contributed by atoms with van der Waals surface area (Å²) in [5.74, 6) is 0. The lowest BCUT2D eigenvalue weighted by atomic mass is 10.2. The van der Waals surface area contributed by atoms with E-state index in [0.29, 0.717) is 15.6 Å². The van der Waals surface area contributed by atoms with E-state index in [1.165, 1.54) is 12.1 Å². The summed E-state index contributed by atoms with van der Waals surface area (Å²) in [6.45, 7) is 0.102. The van der Waals surface area contributed by atoms with Crippen molar-refractivity contribution in [3.8, 4) is 0 Å². The van der Waals surface area contributed by atoms with Crippen LogP contribution in [0.1, 0.15) is 5.56 Å². The highest BCUT2D eigenvalue weighted by atomic mass is 35.5. The number of rotatable bonds is 4. The third-order valence-electron chi connectivity index (χ3n) is 2.58. The minimum absolute atomic E-state index is 0.0433. The van der Waals surface area contributed by atoms with E-state index in [9.17, 15) is 8.42 Å². The molecule has 106 valence electrons. The largest absolute Gasteiger partial charge is 0.242 e. The van der Waals surface area contributed by atoms with Crippen molar-refractivity contribution < 1.29 is 8.42 Å². The van der Waals surface area contributed by atoms with Crippen molar-refractivity contribution in [1.82, 2.24) is 4.72 Å². The van der Waals surface area contributed by atoms with Crippen molar-refractivity contribution in [2.45, 2.75) is 11.4 Å². The summed E-state index contributed by atoms with van der Waals surface area (Å²) in [6, 6.07) is 11.2. The van der Waals surface area contributed by atoms with Crippen LogP contribution in [-0.4, -0.2) is 8.42 Å². The molecule has 0 aliphatic heterocycles. The van der Waals surface area contributed by atoms with Gasteiger partial charge in [0.25, 0.3) is 0 Å². The molecule has 1 N–H and O–H groups in total. The molecule has 0 radical (unpaired) electrons. The maximum absolute atomic E-state index is 12.1. The van der Waals surface area contributed by atoms with E-state index in [4.69, 9.17) is 34.8 Å². The second-order valence-corrected chi connectivity index (χ2v) is 6.96. The smallest absolute Gasteiger partial charge is 0.207 e. The first-order chi connectivity index (χ1) is 9.40. The summed E-state index contributed by atoms with van der Waals surface area (Å²) in [4.78, 5) is 0.0433. The summed E-state index contributed by atoms with van der Waals surface area (Å²) in [6.07, 6.45) is 0. The molecule has 0 atom stereocenters. The van der Waals surface area contributed by atoms with Gasteiger partial charge in [0.2, 0.25) is 10.0 Å². The van der Waals surface area contributed by atoms with Gasteiger partial charge < -0.3 is 0 Å². The number of hydrogen-bond donors (Lipinski definition) is 1. The predicted molar refractivity (Wildman–Crippen MR) is 81.9 cm³/mol. The topological polar surface area (TPSA) is 46.2 Å². The fourth-order valence-electron chi connectivity index (χ4n) is 1.57. The molecule has 0 bridgehead atoms. The Morgan fingerprint density at radius 1 is 0.900 bits per heavy atom. The molecule has 20 heavy (non-hydrogen) atoms. The second kappa shape index (κ2) is 6.33. The zero-order valence-electron chi connectivity index (χ0n) is 10.1. The maximum atomic E-state index is 12.1. The molecule has 0 spiro atoms. The first-order valence-corrected chi connectivity index (χ1v) is 8.20. The van der Waals surface area contributed by atoms with Crippen molar-refractivity contribution in [2.75, 3.05) is 0 Å². The highest BCUT2D eigenvalue weighted by Crippen LogP contribution is 2.23. The monoisotopic (exact) mass is 349 g/mol. The molecule has 0 aromatic heterocycles. The third-order valence-corrected chi connectivity index (χ3v) is 5.22. The zero-order valence-corrected chi connectivity index (χ0v) is 13.2. The van der Waals surface area contributed by atoms with Crippen molar-refractivity contribution >= 4 is 44.8 Å². The van der Waals surface area contributed by atoms with Crippen LogP contribution >= 0.6 is 34.8 Å². The van der Waals surface area contributed by atoms with Gasteiger partial charge in [-0.1, -0.05) is 53.0 Å². The molecule has 0 unspecified atom stereocenters. The summed E-state index contributed by atoms with van der Waals surface area (Å²) in [5.41, 5.74) is 0.704. The lowest BCUT2D eigenvalue weighted by Gasteiger charge is -2.08. The minimum Gasteiger partial charge on any atom is -0.207 e. The molecule has 7 heteroatoms.